The summed E-state index contributed by atoms with van der Waals surface area (Å²) in [7, 11) is 0. The molecular weight excluding hydrogens is 450 g/mol. The molecule has 2 atom stereocenters. The van der Waals surface area contributed by atoms with E-state index in [1.165, 1.54) is 0 Å². The van der Waals surface area contributed by atoms with E-state index in [1.54, 1.807) is 12.1 Å². The highest BCUT2D eigenvalue weighted by Gasteiger charge is 2.37. The summed E-state index contributed by atoms with van der Waals surface area (Å²) >= 11 is 0. The van der Waals surface area contributed by atoms with Crippen LogP contribution in [0.1, 0.15) is 105 Å². The molecule has 0 aliphatic rings. The lowest BCUT2D eigenvalue weighted by molar-refractivity contribution is -0.0283. The normalized spacial score (nSPS) is 14.1. The van der Waals surface area contributed by atoms with Crippen LogP contribution < -0.4 is 16.4 Å². The topological polar surface area (TPSA) is 104 Å². The lowest BCUT2D eigenvalue weighted by atomic mass is 9.73. The summed E-state index contributed by atoms with van der Waals surface area (Å²) in [6, 6.07) is 13.4. The number of carbonyl (C=O) groups excluding carboxylic acids is 2. The minimum absolute atomic E-state index is 0.0433. The number of nitrogens with two attached hydrogens (primary N) is 1. The van der Waals surface area contributed by atoms with Gasteiger partial charge in [-0.1, -0.05) is 51.1 Å². The minimum Gasteiger partial charge on any atom is -0.385 e. The average molecular weight is 496 g/mol. The van der Waals surface area contributed by atoms with Crippen LogP contribution in [-0.4, -0.2) is 35.5 Å². The van der Waals surface area contributed by atoms with Crippen LogP contribution in [0.15, 0.2) is 42.5 Å². The quantitative estimate of drug-likeness (QED) is 0.336. The summed E-state index contributed by atoms with van der Waals surface area (Å²) in [5.74, 6) is -0.341. The third-order valence-electron chi connectivity index (χ3n) is 6.67. The average Bonchev–Trinajstić information content (AvgIpc) is 2.81. The molecule has 0 aromatic heterocycles. The van der Waals surface area contributed by atoms with E-state index in [9.17, 15) is 14.7 Å². The Labute approximate surface area is 217 Å². The van der Waals surface area contributed by atoms with Gasteiger partial charge in [-0.3, -0.25) is 9.59 Å². The fourth-order valence-electron chi connectivity index (χ4n) is 4.68. The first-order valence-electron chi connectivity index (χ1n) is 13.2. The molecule has 2 rings (SSSR count). The summed E-state index contributed by atoms with van der Waals surface area (Å²) in [6.45, 7) is 14.4. The van der Waals surface area contributed by atoms with Crippen molar-refractivity contribution in [1.82, 2.24) is 10.6 Å². The predicted molar refractivity (Wildman–Crippen MR) is 147 cm³/mol. The standard InChI is InChI=1S/C30H45N3O3/c1-19(2)24-10-8-9-11-27(24)30(36,22(7)15-17-31)16-14-23-12-13-25(28(34)32-20(3)4)26(18-23)29(35)33-21(5)6/h8-13,18-22,36H,14-17,31H2,1-7H3,(H,32,34)(H,33,35). The van der Waals surface area contributed by atoms with Gasteiger partial charge in [-0.15, -0.1) is 0 Å². The number of aryl methyl sites for hydroxylation is 1. The molecule has 2 aromatic rings. The number of hydrogen-bond acceptors (Lipinski definition) is 4. The van der Waals surface area contributed by atoms with E-state index >= 15 is 0 Å². The Balaban J connectivity index is 2.46. The molecule has 2 unspecified atom stereocenters. The third-order valence-corrected chi connectivity index (χ3v) is 6.67. The molecule has 0 saturated carbocycles. The minimum atomic E-state index is -1.08. The van der Waals surface area contributed by atoms with Crippen molar-refractivity contribution >= 4 is 11.8 Å². The van der Waals surface area contributed by atoms with Gasteiger partial charge in [0, 0.05) is 12.1 Å². The van der Waals surface area contributed by atoms with Gasteiger partial charge in [0.05, 0.1) is 16.7 Å². The van der Waals surface area contributed by atoms with Crippen LogP contribution in [0.25, 0.3) is 0 Å². The zero-order chi connectivity index (χ0) is 27.0. The molecule has 0 bridgehead atoms. The van der Waals surface area contributed by atoms with Crippen LogP contribution in [0, 0.1) is 5.92 Å². The summed E-state index contributed by atoms with van der Waals surface area (Å²) in [4.78, 5) is 25.8. The highest BCUT2D eigenvalue weighted by Crippen LogP contribution is 2.40. The van der Waals surface area contributed by atoms with Crippen LogP contribution in [0.4, 0.5) is 0 Å². The van der Waals surface area contributed by atoms with E-state index in [1.807, 2.05) is 58.9 Å². The summed E-state index contributed by atoms with van der Waals surface area (Å²) in [5, 5.41) is 17.9. The van der Waals surface area contributed by atoms with Gasteiger partial charge in [-0.2, -0.15) is 0 Å². The SMILES string of the molecule is CC(C)NC(=O)c1ccc(CCC(O)(c2ccccc2C(C)C)C(C)CCN)cc1C(=O)NC(C)C. The van der Waals surface area contributed by atoms with Crippen molar-refractivity contribution in [1.29, 1.82) is 0 Å². The van der Waals surface area contributed by atoms with Crippen molar-refractivity contribution in [3.8, 4) is 0 Å². The van der Waals surface area contributed by atoms with E-state index < -0.39 is 5.60 Å². The maximum atomic E-state index is 13.0. The molecule has 0 aliphatic heterocycles. The van der Waals surface area contributed by atoms with E-state index in [2.05, 4.69) is 30.5 Å². The number of benzene rings is 2. The smallest absolute Gasteiger partial charge is 0.252 e. The van der Waals surface area contributed by atoms with Gasteiger partial charge in [-0.05, 0) is 94.2 Å². The molecule has 0 spiro atoms. The van der Waals surface area contributed by atoms with Crippen LogP contribution in [-0.2, 0) is 12.0 Å². The second kappa shape index (κ2) is 13.0. The Morgan fingerprint density at radius 2 is 1.47 bits per heavy atom. The molecule has 6 heteroatoms. The fourth-order valence-corrected chi connectivity index (χ4v) is 4.68. The van der Waals surface area contributed by atoms with Crippen LogP contribution >= 0.6 is 0 Å². The van der Waals surface area contributed by atoms with Crippen molar-refractivity contribution in [3.05, 3.63) is 70.3 Å². The Morgan fingerprint density at radius 1 is 0.889 bits per heavy atom. The second-order valence-corrected chi connectivity index (χ2v) is 10.8. The fraction of sp³-hybridized carbons (Fsp3) is 0.533. The zero-order valence-corrected chi connectivity index (χ0v) is 23.0. The van der Waals surface area contributed by atoms with E-state index in [4.69, 9.17) is 5.73 Å². The lowest BCUT2D eigenvalue weighted by Crippen LogP contribution is -2.37. The first-order valence-corrected chi connectivity index (χ1v) is 13.2. The molecule has 0 aliphatic carbocycles. The molecule has 2 amide bonds. The summed E-state index contributed by atoms with van der Waals surface area (Å²) in [5.41, 5.74) is 8.47. The summed E-state index contributed by atoms with van der Waals surface area (Å²) in [6.07, 6.45) is 1.71. The van der Waals surface area contributed by atoms with Gasteiger partial charge < -0.3 is 21.5 Å². The molecule has 0 heterocycles. The molecule has 6 nitrogen and oxygen atoms in total. The van der Waals surface area contributed by atoms with Gasteiger partial charge >= 0.3 is 0 Å². The highest BCUT2D eigenvalue weighted by atomic mass is 16.3. The highest BCUT2D eigenvalue weighted by molar-refractivity contribution is 6.07. The molecule has 198 valence electrons. The zero-order valence-electron chi connectivity index (χ0n) is 23.0. The molecule has 0 saturated heterocycles. The number of amides is 2. The molecule has 5 N–H and O–H groups in total. The van der Waals surface area contributed by atoms with Crippen LogP contribution in [0.2, 0.25) is 0 Å². The Morgan fingerprint density at radius 3 is 2.03 bits per heavy atom. The van der Waals surface area contributed by atoms with Crippen molar-refractivity contribution in [2.45, 2.75) is 91.3 Å². The van der Waals surface area contributed by atoms with Gasteiger partial charge in [0.1, 0.15) is 0 Å². The number of hydrogen-bond donors (Lipinski definition) is 4. The van der Waals surface area contributed by atoms with Crippen molar-refractivity contribution in [2.24, 2.45) is 11.7 Å². The predicted octanol–water partition coefficient (Wildman–Crippen LogP) is 4.89. The molecule has 0 radical (unpaired) electrons. The van der Waals surface area contributed by atoms with Gasteiger partial charge in [0.25, 0.3) is 11.8 Å². The molecule has 0 fully saturated rings. The van der Waals surface area contributed by atoms with Gasteiger partial charge in [0.15, 0.2) is 0 Å². The van der Waals surface area contributed by atoms with Gasteiger partial charge in [-0.25, -0.2) is 0 Å². The van der Waals surface area contributed by atoms with Crippen LogP contribution in [0.5, 0.6) is 0 Å². The van der Waals surface area contributed by atoms with Gasteiger partial charge in [0.2, 0.25) is 0 Å². The number of rotatable bonds is 12. The lowest BCUT2D eigenvalue weighted by Gasteiger charge is -2.37. The second-order valence-electron chi connectivity index (χ2n) is 10.8. The molecular formula is C30H45N3O3. The number of nitrogens with one attached hydrogen (secondary N) is 2. The Bertz CT molecular complexity index is 1030. The van der Waals surface area contributed by atoms with E-state index in [0.29, 0.717) is 36.9 Å². The largest absolute Gasteiger partial charge is 0.385 e. The molecule has 2 aromatic carbocycles. The van der Waals surface area contributed by atoms with Crippen molar-refractivity contribution < 1.29 is 14.7 Å². The van der Waals surface area contributed by atoms with Crippen LogP contribution in [0.3, 0.4) is 0 Å². The summed E-state index contributed by atoms with van der Waals surface area (Å²) < 4.78 is 0. The first kappa shape index (κ1) is 29.5. The first-order chi connectivity index (χ1) is 16.9. The Hall–Kier alpha value is -2.70. The van der Waals surface area contributed by atoms with E-state index in [0.717, 1.165) is 16.7 Å². The maximum Gasteiger partial charge on any atom is 0.252 e. The number of aliphatic hydroxyl groups is 1. The number of carbonyl (C=O) groups is 2. The Kier molecular flexibility index (Phi) is 10.7. The van der Waals surface area contributed by atoms with Crippen molar-refractivity contribution in [2.75, 3.05) is 6.54 Å². The van der Waals surface area contributed by atoms with Crippen molar-refractivity contribution in [3.63, 3.8) is 0 Å². The van der Waals surface area contributed by atoms with E-state index in [-0.39, 0.29) is 35.7 Å². The maximum absolute atomic E-state index is 13.0. The molecule has 36 heavy (non-hydrogen) atoms. The monoisotopic (exact) mass is 495 g/mol. The third kappa shape index (κ3) is 7.40.